The molecule has 1 heterocycles. The zero-order valence-corrected chi connectivity index (χ0v) is 10.8. The van der Waals surface area contributed by atoms with Crippen LogP contribution in [0, 0.1) is 11.3 Å². The van der Waals surface area contributed by atoms with E-state index in [1.54, 1.807) is 13.8 Å². The van der Waals surface area contributed by atoms with E-state index in [-0.39, 0.29) is 11.6 Å². The third-order valence-corrected chi connectivity index (χ3v) is 3.17. The van der Waals surface area contributed by atoms with E-state index < -0.39 is 15.9 Å². The Morgan fingerprint density at radius 3 is 2.59 bits per heavy atom. The maximum absolute atomic E-state index is 11.2. The van der Waals surface area contributed by atoms with Crippen molar-refractivity contribution in [2.45, 2.75) is 32.1 Å². The van der Waals surface area contributed by atoms with Crippen molar-refractivity contribution in [3.63, 3.8) is 0 Å². The van der Waals surface area contributed by atoms with Gasteiger partial charge >= 0.3 is 0 Å². The molecule has 0 radical (unpaired) electrons. The zero-order valence-electron chi connectivity index (χ0n) is 10.0. The van der Waals surface area contributed by atoms with Crippen molar-refractivity contribution < 1.29 is 13.5 Å². The van der Waals surface area contributed by atoms with Gasteiger partial charge in [0.1, 0.15) is 6.04 Å². The predicted molar refractivity (Wildman–Crippen MR) is 62.1 cm³/mol. The first-order chi connectivity index (χ1) is 7.80. The standard InChI is InChI=1S/C10H15N3O3S/c1-4-8-9(6-17(3,15)16)12-13(10(8)14)7(2)5-11/h7,14H,4,6H2,1-3H3. The van der Waals surface area contributed by atoms with Gasteiger partial charge in [0.05, 0.1) is 17.5 Å². The van der Waals surface area contributed by atoms with Crippen molar-refractivity contribution in [3.05, 3.63) is 11.3 Å². The Labute approximate surface area is 100 Å². The average Bonchev–Trinajstić information content (AvgIpc) is 2.51. The van der Waals surface area contributed by atoms with E-state index in [1.165, 1.54) is 0 Å². The number of nitriles is 1. The molecule has 1 rings (SSSR count). The topological polar surface area (TPSA) is 96.0 Å². The summed E-state index contributed by atoms with van der Waals surface area (Å²) in [5.41, 5.74) is 0.798. The Balaban J connectivity index is 3.29. The molecule has 6 nitrogen and oxygen atoms in total. The quantitative estimate of drug-likeness (QED) is 0.859. The van der Waals surface area contributed by atoms with E-state index in [4.69, 9.17) is 5.26 Å². The molecular formula is C10H15N3O3S. The van der Waals surface area contributed by atoms with Gasteiger partial charge in [-0.05, 0) is 13.3 Å². The molecule has 1 aromatic rings. The van der Waals surface area contributed by atoms with Gasteiger partial charge < -0.3 is 5.11 Å². The van der Waals surface area contributed by atoms with Crippen molar-refractivity contribution in [1.29, 1.82) is 5.26 Å². The number of aromatic nitrogens is 2. The molecule has 94 valence electrons. The molecule has 1 atom stereocenters. The number of rotatable bonds is 4. The Hall–Kier alpha value is -1.55. The fourth-order valence-electron chi connectivity index (χ4n) is 1.56. The summed E-state index contributed by atoms with van der Waals surface area (Å²) in [7, 11) is -3.22. The second kappa shape index (κ2) is 4.75. The van der Waals surface area contributed by atoms with E-state index in [9.17, 15) is 13.5 Å². The lowest BCUT2D eigenvalue weighted by molar-refractivity contribution is 0.388. The molecular weight excluding hydrogens is 242 g/mol. The smallest absolute Gasteiger partial charge is 0.214 e. The molecule has 0 aliphatic carbocycles. The fourth-order valence-corrected chi connectivity index (χ4v) is 2.28. The van der Waals surface area contributed by atoms with Crippen molar-refractivity contribution in [1.82, 2.24) is 9.78 Å². The molecule has 0 saturated heterocycles. The second-order valence-electron chi connectivity index (χ2n) is 3.92. The van der Waals surface area contributed by atoms with Crippen molar-refractivity contribution in [2.24, 2.45) is 0 Å². The summed E-state index contributed by atoms with van der Waals surface area (Å²) in [5, 5.41) is 22.6. The van der Waals surface area contributed by atoms with Gasteiger partial charge in [-0.2, -0.15) is 10.4 Å². The highest BCUT2D eigenvalue weighted by molar-refractivity contribution is 7.89. The van der Waals surface area contributed by atoms with Gasteiger partial charge in [0, 0.05) is 11.8 Å². The summed E-state index contributed by atoms with van der Waals surface area (Å²) < 4.78 is 23.6. The SMILES string of the molecule is CCc1c(CS(C)(=O)=O)nn(C(C)C#N)c1O. The molecule has 0 spiro atoms. The highest BCUT2D eigenvalue weighted by Crippen LogP contribution is 2.26. The van der Waals surface area contributed by atoms with E-state index in [1.807, 2.05) is 6.07 Å². The number of hydrogen-bond donors (Lipinski definition) is 1. The number of nitrogens with zero attached hydrogens (tertiary/aromatic N) is 3. The van der Waals surface area contributed by atoms with Crippen LogP contribution in [-0.4, -0.2) is 29.6 Å². The van der Waals surface area contributed by atoms with Gasteiger partial charge in [-0.15, -0.1) is 0 Å². The van der Waals surface area contributed by atoms with Crippen LogP contribution in [0.5, 0.6) is 5.88 Å². The highest BCUT2D eigenvalue weighted by atomic mass is 32.2. The molecule has 0 fully saturated rings. The third kappa shape index (κ3) is 2.97. The summed E-state index contributed by atoms with van der Waals surface area (Å²) in [5.74, 6) is -0.352. The first-order valence-corrected chi connectivity index (χ1v) is 7.22. The molecule has 1 aromatic heterocycles. The summed E-state index contributed by atoms with van der Waals surface area (Å²) in [4.78, 5) is 0. The Morgan fingerprint density at radius 2 is 2.18 bits per heavy atom. The van der Waals surface area contributed by atoms with Gasteiger partial charge in [0.25, 0.3) is 0 Å². The van der Waals surface area contributed by atoms with Gasteiger partial charge in [-0.3, -0.25) is 0 Å². The van der Waals surface area contributed by atoms with E-state index in [2.05, 4.69) is 5.10 Å². The van der Waals surface area contributed by atoms with Crippen LogP contribution >= 0.6 is 0 Å². The second-order valence-corrected chi connectivity index (χ2v) is 6.06. The van der Waals surface area contributed by atoms with Crippen molar-refractivity contribution >= 4 is 9.84 Å². The number of aromatic hydroxyl groups is 1. The van der Waals surface area contributed by atoms with E-state index in [0.717, 1.165) is 10.9 Å². The summed E-state index contributed by atoms with van der Waals surface area (Å²) in [6.45, 7) is 3.38. The largest absolute Gasteiger partial charge is 0.493 e. The number of sulfone groups is 1. The first kappa shape index (κ1) is 13.5. The van der Waals surface area contributed by atoms with Crippen LogP contribution in [0.1, 0.15) is 31.1 Å². The molecule has 7 heteroatoms. The van der Waals surface area contributed by atoms with Crippen LogP contribution in [0.25, 0.3) is 0 Å². The molecule has 0 aromatic carbocycles. The van der Waals surface area contributed by atoms with Crippen LogP contribution in [0.15, 0.2) is 0 Å². The summed E-state index contributed by atoms with van der Waals surface area (Å²) in [6, 6.07) is 1.31. The van der Waals surface area contributed by atoms with Gasteiger partial charge in [-0.1, -0.05) is 6.92 Å². The molecule has 0 saturated carbocycles. The van der Waals surface area contributed by atoms with Crippen molar-refractivity contribution in [3.8, 4) is 11.9 Å². The fraction of sp³-hybridized carbons (Fsp3) is 0.600. The molecule has 17 heavy (non-hydrogen) atoms. The summed E-state index contributed by atoms with van der Waals surface area (Å²) >= 11 is 0. The molecule has 0 bridgehead atoms. The molecule has 0 aliphatic heterocycles. The van der Waals surface area contributed by atoms with Crippen LogP contribution in [0.3, 0.4) is 0 Å². The monoisotopic (exact) mass is 257 g/mol. The van der Waals surface area contributed by atoms with Crippen molar-refractivity contribution in [2.75, 3.05) is 6.26 Å². The number of hydrogen-bond acceptors (Lipinski definition) is 5. The Bertz CT molecular complexity index is 554. The minimum Gasteiger partial charge on any atom is -0.493 e. The lowest BCUT2D eigenvalue weighted by Gasteiger charge is -2.03. The maximum Gasteiger partial charge on any atom is 0.214 e. The third-order valence-electron chi connectivity index (χ3n) is 2.37. The van der Waals surface area contributed by atoms with Gasteiger partial charge in [-0.25, -0.2) is 13.1 Å². The zero-order chi connectivity index (χ0) is 13.2. The van der Waals surface area contributed by atoms with Crippen LogP contribution < -0.4 is 0 Å². The Kier molecular flexibility index (Phi) is 3.78. The highest BCUT2D eigenvalue weighted by Gasteiger charge is 2.21. The predicted octanol–water partition coefficient (Wildman–Crippen LogP) is 0.780. The van der Waals surface area contributed by atoms with Gasteiger partial charge in [0.2, 0.25) is 5.88 Å². The van der Waals surface area contributed by atoms with E-state index in [0.29, 0.717) is 17.7 Å². The molecule has 1 unspecified atom stereocenters. The maximum atomic E-state index is 11.2. The minimum atomic E-state index is -3.22. The van der Waals surface area contributed by atoms with Crippen LogP contribution in [-0.2, 0) is 22.0 Å². The minimum absolute atomic E-state index is 0.125. The Morgan fingerprint density at radius 1 is 1.59 bits per heavy atom. The summed E-state index contributed by atoms with van der Waals surface area (Å²) in [6.07, 6.45) is 1.57. The van der Waals surface area contributed by atoms with Crippen LogP contribution in [0.4, 0.5) is 0 Å². The van der Waals surface area contributed by atoms with E-state index >= 15 is 0 Å². The first-order valence-electron chi connectivity index (χ1n) is 5.16. The molecule has 0 amide bonds. The average molecular weight is 257 g/mol. The lowest BCUT2D eigenvalue weighted by Crippen LogP contribution is -2.06. The van der Waals surface area contributed by atoms with Gasteiger partial charge in [0.15, 0.2) is 9.84 Å². The van der Waals surface area contributed by atoms with Crippen LogP contribution in [0.2, 0.25) is 0 Å². The molecule has 1 N–H and O–H groups in total. The normalized spacial score (nSPS) is 13.3. The lowest BCUT2D eigenvalue weighted by atomic mass is 10.2. The molecule has 0 aliphatic rings.